The number of ether oxygens (including phenoxy) is 2. The molecule has 0 saturated carbocycles. The molecular weight excluding hydrogens is 551 g/mol. The van der Waals surface area contributed by atoms with E-state index >= 15 is 0 Å². The van der Waals surface area contributed by atoms with Gasteiger partial charge in [0.05, 0.1) is 28.1 Å². The van der Waals surface area contributed by atoms with Crippen LogP contribution in [0.1, 0.15) is 18.4 Å². The van der Waals surface area contributed by atoms with Crippen LogP contribution in [-0.2, 0) is 19.1 Å². The van der Waals surface area contributed by atoms with Crippen LogP contribution in [0.25, 0.3) is 0 Å². The lowest BCUT2D eigenvalue weighted by atomic mass is 10.2. The largest absolute Gasteiger partial charge is 0.483 e. The zero-order chi connectivity index (χ0) is 24.5. The minimum Gasteiger partial charge on any atom is -0.483 e. The van der Waals surface area contributed by atoms with Gasteiger partial charge >= 0.3 is 11.8 Å². The molecule has 180 valence electrons. The van der Waals surface area contributed by atoms with Gasteiger partial charge < -0.3 is 20.1 Å². The zero-order valence-electron chi connectivity index (χ0n) is 17.8. The maximum absolute atomic E-state index is 12.3. The lowest BCUT2D eigenvalue weighted by Crippen LogP contribution is -2.41. The van der Waals surface area contributed by atoms with Crippen molar-refractivity contribution in [2.24, 2.45) is 5.10 Å². The van der Waals surface area contributed by atoms with Crippen molar-refractivity contribution in [1.82, 2.24) is 10.7 Å². The van der Waals surface area contributed by atoms with Crippen LogP contribution in [0.2, 0.25) is 10.0 Å². The highest BCUT2D eigenvalue weighted by Crippen LogP contribution is 2.29. The number of carbonyl (C=O) groups is 3. The molecule has 1 atom stereocenters. The molecule has 9 nitrogen and oxygen atoms in total. The van der Waals surface area contributed by atoms with Gasteiger partial charge in [-0.25, -0.2) is 5.43 Å². The molecule has 0 unspecified atom stereocenters. The summed E-state index contributed by atoms with van der Waals surface area (Å²) < 4.78 is 11.7. The van der Waals surface area contributed by atoms with E-state index < -0.39 is 17.7 Å². The standard InChI is InChI=1S/C22H21BrCl2N4O5/c23-14-6-7-18(34-12-19(30)28-17-5-1-4-16(24)20(17)25)13(9-14)10-27-29-22(32)21(31)26-11-15-3-2-8-33-15/h1,4-7,9-10,15H,2-3,8,11-12H2,(H,26,31)(H,28,30)(H,29,32)/b27-10-/t15-/m1/s1. The fourth-order valence-corrected chi connectivity index (χ4v) is 3.71. The fourth-order valence-electron chi connectivity index (χ4n) is 2.98. The molecule has 1 aliphatic heterocycles. The van der Waals surface area contributed by atoms with Crippen molar-refractivity contribution in [1.29, 1.82) is 0 Å². The van der Waals surface area contributed by atoms with E-state index in [9.17, 15) is 14.4 Å². The summed E-state index contributed by atoms with van der Waals surface area (Å²) in [7, 11) is 0. The molecule has 12 heteroatoms. The topological polar surface area (TPSA) is 118 Å². The molecule has 0 aromatic heterocycles. The van der Waals surface area contributed by atoms with Crippen molar-refractivity contribution in [3.8, 4) is 5.75 Å². The quantitative estimate of drug-likeness (QED) is 0.254. The van der Waals surface area contributed by atoms with E-state index in [1.165, 1.54) is 6.21 Å². The molecule has 0 aliphatic carbocycles. The molecule has 3 N–H and O–H groups in total. The van der Waals surface area contributed by atoms with Gasteiger partial charge in [-0.3, -0.25) is 14.4 Å². The summed E-state index contributed by atoms with van der Waals surface area (Å²) in [6.07, 6.45) is 3.01. The molecule has 3 rings (SSSR count). The minimum atomic E-state index is -0.913. The Kier molecular flexibility index (Phi) is 9.70. The lowest BCUT2D eigenvalue weighted by molar-refractivity contribution is -0.139. The number of halogens is 3. The van der Waals surface area contributed by atoms with Crippen LogP contribution < -0.4 is 20.8 Å². The van der Waals surface area contributed by atoms with Crippen LogP contribution in [0.3, 0.4) is 0 Å². The number of hydrogen-bond acceptors (Lipinski definition) is 6. The monoisotopic (exact) mass is 570 g/mol. The molecule has 1 heterocycles. The molecule has 0 radical (unpaired) electrons. The Bertz CT molecular complexity index is 1090. The number of rotatable bonds is 8. The second-order valence-corrected chi connectivity index (χ2v) is 8.87. The SMILES string of the molecule is O=C(COc1ccc(Br)cc1/C=N\NC(=O)C(=O)NC[C@H]1CCCO1)Nc1cccc(Cl)c1Cl. The molecule has 1 aliphatic rings. The summed E-state index contributed by atoms with van der Waals surface area (Å²) in [6, 6.07) is 9.90. The van der Waals surface area contributed by atoms with Crippen LogP contribution in [-0.4, -0.2) is 49.8 Å². The second kappa shape index (κ2) is 12.7. The highest BCUT2D eigenvalue weighted by Gasteiger charge is 2.19. The first-order valence-electron chi connectivity index (χ1n) is 10.2. The Morgan fingerprint density at radius 1 is 1.21 bits per heavy atom. The second-order valence-electron chi connectivity index (χ2n) is 7.16. The number of nitrogens with zero attached hydrogens (tertiary/aromatic N) is 1. The third kappa shape index (κ3) is 7.69. The van der Waals surface area contributed by atoms with Crippen LogP contribution in [0.4, 0.5) is 5.69 Å². The average Bonchev–Trinajstić information content (AvgIpc) is 3.33. The molecule has 3 amide bonds. The molecule has 0 spiro atoms. The number of hydrazone groups is 1. The van der Waals surface area contributed by atoms with Gasteiger partial charge in [0.15, 0.2) is 6.61 Å². The van der Waals surface area contributed by atoms with Gasteiger partial charge in [0.25, 0.3) is 5.91 Å². The molecule has 34 heavy (non-hydrogen) atoms. The minimum absolute atomic E-state index is 0.0752. The number of benzene rings is 2. The summed E-state index contributed by atoms with van der Waals surface area (Å²) in [5.41, 5.74) is 2.99. The van der Waals surface area contributed by atoms with Crippen LogP contribution >= 0.6 is 39.1 Å². The van der Waals surface area contributed by atoms with E-state index in [4.69, 9.17) is 32.7 Å². The van der Waals surface area contributed by atoms with Crippen molar-refractivity contribution in [2.45, 2.75) is 18.9 Å². The predicted molar refractivity (Wildman–Crippen MR) is 132 cm³/mol. The lowest BCUT2D eigenvalue weighted by Gasteiger charge is -2.11. The number of hydrogen-bond donors (Lipinski definition) is 3. The van der Waals surface area contributed by atoms with Crippen molar-refractivity contribution < 1.29 is 23.9 Å². The van der Waals surface area contributed by atoms with Crippen LogP contribution in [0, 0.1) is 0 Å². The Hall–Kier alpha value is -2.66. The van der Waals surface area contributed by atoms with Gasteiger partial charge in [0, 0.05) is 23.2 Å². The van der Waals surface area contributed by atoms with Gasteiger partial charge in [-0.15, -0.1) is 0 Å². The molecule has 2 aromatic rings. The highest BCUT2D eigenvalue weighted by atomic mass is 79.9. The number of carbonyl (C=O) groups excluding carboxylic acids is 3. The predicted octanol–water partition coefficient (Wildman–Crippen LogP) is 3.52. The Labute approximate surface area is 214 Å². The number of anilines is 1. The van der Waals surface area contributed by atoms with E-state index in [0.717, 1.165) is 17.3 Å². The number of nitrogens with one attached hydrogen (secondary N) is 3. The van der Waals surface area contributed by atoms with Gasteiger partial charge in [-0.2, -0.15) is 5.10 Å². The highest BCUT2D eigenvalue weighted by molar-refractivity contribution is 9.10. The first-order chi connectivity index (χ1) is 16.3. The molecule has 1 fully saturated rings. The number of amides is 3. The zero-order valence-corrected chi connectivity index (χ0v) is 20.9. The maximum Gasteiger partial charge on any atom is 0.329 e. The first-order valence-corrected chi connectivity index (χ1v) is 11.8. The maximum atomic E-state index is 12.3. The van der Waals surface area contributed by atoms with Gasteiger partial charge in [0.1, 0.15) is 5.75 Å². The summed E-state index contributed by atoms with van der Waals surface area (Å²) in [6.45, 7) is 0.607. The van der Waals surface area contributed by atoms with Crippen LogP contribution in [0.5, 0.6) is 5.75 Å². The van der Waals surface area contributed by atoms with Crippen molar-refractivity contribution in [2.75, 3.05) is 25.1 Å². The van der Waals surface area contributed by atoms with E-state index in [0.29, 0.717) is 28.6 Å². The summed E-state index contributed by atoms with van der Waals surface area (Å²) in [4.78, 5) is 36.1. The molecule has 0 bridgehead atoms. The average molecular weight is 572 g/mol. The van der Waals surface area contributed by atoms with E-state index in [1.54, 1.807) is 36.4 Å². The van der Waals surface area contributed by atoms with Gasteiger partial charge in [-0.05, 0) is 43.2 Å². The van der Waals surface area contributed by atoms with E-state index in [2.05, 4.69) is 37.1 Å². The summed E-state index contributed by atoms with van der Waals surface area (Å²) in [5, 5.41) is 9.48. The van der Waals surface area contributed by atoms with Crippen molar-refractivity contribution in [3.05, 3.63) is 56.5 Å². The first kappa shape index (κ1) is 26.0. The van der Waals surface area contributed by atoms with Gasteiger partial charge in [-0.1, -0.05) is 45.2 Å². The van der Waals surface area contributed by atoms with Crippen LogP contribution in [0.15, 0.2) is 46.0 Å². The van der Waals surface area contributed by atoms with E-state index in [-0.39, 0.29) is 24.3 Å². The summed E-state index contributed by atoms with van der Waals surface area (Å²) in [5.74, 6) is -1.85. The fraction of sp³-hybridized carbons (Fsp3) is 0.273. The summed E-state index contributed by atoms with van der Waals surface area (Å²) >= 11 is 15.4. The molecule has 1 saturated heterocycles. The molecular formula is C22H21BrCl2N4O5. The normalized spacial score (nSPS) is 15.2. The smallest absolute Gasteiger partial charge is 0.329 e. The van der Waals surface area contributed by atoms with Crippen molar-refractivity contribution in [3.63, 3.8) is 0 Å². The Balaban J connectivity index is 1.53. The third-order valence-corrected chi connectivity index (χ3v) is 5.96. The Morgan fingerprint density at radius 2 is 2.03 bits per heavy atom. The Morgan fingerprint density at radius 3 is 2.79 bits per heavy atom. The molecule has 2 aromatic carbocycles. The van der Waals surface area contributed by atoms with Crippen molar-refractivity contribution >= 4 is 68.8 Å². The van der Waals surface area contributed by atoms with Gasteiger partial charge in [0.2, 0.25) is 0 Å². The van der Waals surface area contributed by atoms with E-state index in [1.807, 2.05) is 0 Å². The third-order valence-electron chi connectivity index (χ3n) is 4.65.